The summed E-state index contributed by atoms with van der Waals surface area (Å²) in [5, 5.41) is 12.2. The van der Waals surface area contributed by atoms with E-state index in [0.29, 0.717) is 0 Å². The minimum absolute atomic E-state index is 0.00885. The van der Waals surface area contributed by atoms with Crippen molar-refractivity contribution in [2.75, 3.05) is 5.32 Å². The second-order valence-electron chi connectivity index (χ2n) is 23.5. The van der Waals surface area contributed by atoms with Crippen molar-refractivity contribution in [1.82, 2.24) is 4.57 Å². The maximum atomic E-state index is 4.11. The van der Waals surface area contributed by atoms with Gasteiger partial charge in [0.25, 0.3) is 0 Å². The van der Waals surface area contributed by atoms with Crippen molar-refractivity contribution in [2.45, 2.75) is 97.8 Å². The number of hydrogen-bond acceptors (Lipinski definition) is 3. The molecule has 0 amide bonds. The molecule has 2 nitrogen and oxygen atoms in total. The summed E-state index contributed by atoms with van der Waals surface area (Å²) in [6.45, 7) is 25.9. The van der Waals surface area contributed by atoms with Crippen molar-refractivity contribution in [1.29, 1.82) is 0 Å². The van der Waals surface area contributed by atoms with Crippen LogP contribution in [0.2, 0.25) is 0 Å². The van der Waals surface area contributed by atoms with Crippen molar-refractivity contribution in [3.05, 3.63) is 161 Å². The third kappa shape index (κ3) is 6.00. The number of fused-ring (bicyclic) bond motifs is 15. The van der Waals surface area contributed by atoms with Crippen molar-refractivity contribution in [3.63, 3.8) is 0 Å². The predicted molar refractivity (Wildman–Crippen MR) is 302 cm³/mol. The number of nitrogens with one attached hydrogen (secondary N) is 1. The second kappa shape index (κ2) is 14.0. The van der Waals surface area contributed by atoms with Gasteiger partial charge in [0.1, 0.15) is 0 Å². The fourth-order valence-electron chi connectivity index (χ4n) is 12.0. The molecule has 0 spiro atoms. The molecule has 68 heavy (non-hydrogen) atoms. The zero-order chi connectivity index (χ0) is 47.0. The third-order valence-corrected chi connectivity index (χ3v) is 17.9. The van der Waals surface area contributed by atoms with E-state index in [2.05, 4.69) is 220 Å². The Balaban J connectivity index is 1.20. The molecule has 5 heteroatoms. The van der Waals surface area contributed by atoms with Crippen LogP contribution in [0.4, 0.5) is 11.4 Å². The van der Waals surface area contributed by atoms with Crippen LogP contribution < -0.4 is 16.2 Å². The van der Waals surface area contributed by atoms with E-state index < -0.39 is 0 Å². The van der Waals surface area contributed by atoms with Gasteiger partial charge in [0, 0.05) is 79.3 Å². The zero-order valence-corrected chi connectivity index (χ0v) is 42.8. The number of aromatic nitrogens is 1. The topological polar surface area (TPSA) is 17.0 Å². The minimum Gasteiger partial charge on any atom is -0.355 e. The van der Waals surface area contributed by atoms with Gasteiger partial charge in [-0.25, -0.2) is 0 Å². The van der Waals surface area contributed by atoms with Crippen LogP contribution in [0.3, 0.4) is 0 Å². The van der Waals surface area contributed by atoms with Gasteiger partial charge in [0.15, 0.2) is 7.28 Å². The molecule has 0 radical (unpaired) electrons. The standard InChI is InChI=1S/C63H57BN2S2/c1-60(2,3)34-20-24-37(25-21-34)65-47-32-52-41(39-26-22-36(62(7,8)9)29-51(39)68-52)30-43(47)56-57-54(40-17-12-14-18-45(40)63(57,10)11)55-44-28-35(61(4,5)6)23-27-48(44)66-49-33-53-42(31-46(49)64-58(56)59(55)66)38-16-13-15-19-50(38)67-53/h12-33,64-65H,1-11H3. The largest absolute Gasteiger partial charge is 0.355 e. The number of nitrogens with zero attached hydrogens (tertiary/aromatic N) is 1. The Bertz CT molecular complexity index is 3980. The Morgan fingerprint density at radius 1 is 0.515 bits per heavy atom. The lowest BCUT2D eigenvalue weighted by Gasteiger charge is -2.30. The van der Waals surface area contributed by atoms with E-state index in [1.54, 1.807) is 0 Å². The van der Waals surface area contributed by atoms with Gasteiger partial charge >= 0.3 is 0 Å². The van der Waals surface area contributed by atoms with E-state index in [1.165, 1.54) is 129 Å². The monoisotopic (exact) mass is 916 g/mol. The van der Waals surface area contributed by atoms with Gasteiger partial charge < -0.3 is 9.88 Å². The molecule has 0 bridgehead atoms. The number of hydrogen-bond donors (Lipinski definition) is 1. The maximum absolute atomic E-state index is 4.11. The molecule has 3 aromatic heterocycles. The molecule has 0 atom stereocenters. The van der Waals surface area contributed by atoms with Crippen LogP contribution in [0.5, 0.6) is 0 Å². The Morgan fingerprint density at radius 2 is 1.13 bits per heavy atom. The van der Waals surface area contributed by atoms with Crippen LogP contribution in [-0.4, -0.2) is 11.8 Å². The highest BCUT2D eigenvalue weighted by atomic mass is 32.1. The molecular formula is C63H57BN2S2. The first-order valence-corrected chi connectivity index (χ1v) is 26.1. The lowest BCUT2D eigenvalue weighted by molar-refractivity contribution is 0.590. The maximum Gasteiger partial charge on any atom is 0.198 e. The molecule has 4 heterocycles. The SMILES string of the molecule is CC(C)(C)c1ccc(Nc2cc3sc4cc(C(C)(C)C)ccc4c3cc2-c2c3c(c4c5cc(C(C)(C)C)ccc5n5c4c2Bc2cc4c(cc2-5)sc2ccccc24)-c2ccccc2C3(C)C)cc1. The molecule has 1 aliphatic heterocycles. The summed E-state index contributed by atoms with van der Waals surface area (Å²) < 4.78 is 8.01. The minimum atomic E-state index is -0.283. The molecule has 334 valence electrons. The predicted octanol–water partition coefficient (Wildman–Crippen LogP) is 16.8. The molecule has 8 aromatic carbocycles. The summed E-state index contributed by atoms with van der Waals surface area (Å²) in [7, 11) is 0.834. The van der Waals surface area contributed by atoms with Crippen molar-refractivity contribution in [3.8, 4) is 27.9 Å². The molecule has 0 fully saturated rings. The fraction of sp³-hybridized carbons (Fsp3) is 0.238. The number of thiophene rings is 2. The molecule has 0 unspecified atom stereocenters. The molecule has 2 aliphatic rings. The van der Waals surface area contributed by atoms with Gasteiger partial charge in [-0.3, -0.25) is 0 Å². The van der Waals surface area contributed by atoms with Crippen LogP contribution in [0, 0.1) is 0 Å². The van der Waals surface area contributed by atoms with Gasteiger partial charge in [-0.05, 0) is 126 Å². The fourth-order valence-corrected chi connectivity index (χ4v) is 14.3. The van der Waals surface area contributed by atoms with Crippen molar-refractivity contribution in [2.24, 2.45) is 0 Å². The summed E-state index contributed by atoms with van der Waals surface area (Å²) in [6.07, 6.45) is 0. The average Bonchev–Trinajstić information content (AvgIpc) is 4.01. The normalized spacial score (nSPS) is 14.3. The smallest absolute Gasteiger partial charge is 0.198 e. The molecule has 13 rings (SSSR count). The highest BCUT2D eigenvalue weighted by Gasteiger charge is 2.43. The van der Waals surface area contributed by atoms with Crippen LogP contribution >= 0.6 is 22.7 Å². The Hall–Kier alpha value is -6.14. The summed E-state index contributed by atoms with van der Waals surface area (Å²) in [5.41, 5.74) is 21.1. The first-order valence-electron chi connectivity index (χ1n) is 24.5. The Kier molecular flexibility index (Phi) is 8.64. The van der Waals surface area contributed by atoms with E-state index in [9.17, 15) is 0 Å². The molecule has 0 saturated carbocycles. The quantitative estimate of drug-likeness (QED) is 0.175. The molecular weight excluding hydrogens is 860 g/mol. The highest BCUT2D eigenvalue weighted by molar-refractivity contribution is 7.26. The number of anilines is 2. The Labute approximate surface area is 408 Å². The molecule has 1 N–H and O–H groups in total. The van der Waals surface area contributed by atoms with E-state index in [1.807, 2.05) is 22.7 Å². The first kappa shape index (κ1) is 42.0. The van der Waals surface area contributed by atoms with Gasteiger partial charge in [-0.1, -0.05) is 160 Å². The number of rotatable bonds is 3. The van der Waals surface area contributed by atoms with Crippen LogP contribution in [0.15, 0.2) is 133 Å². The highest BCUT2D eigenvalue weighted by Crippen LogP contribution is 2.58. The summed E-state index contributed by atoms with van der Waals surface area (Å²) >= 11 is 3.84. The van der Waals surface area contributed by atoms with Gasteiger partial charge in [-0.2, -0.15) is 0 Å². The van der Waals surface area contributed by atoms with E-state index in [-0.39, 0.29) is 21.7 Å². The second-order valence-corrected chi connectivity index (χ2v) is 25.6. The van der Waals surface area contributed by atoms with E-state index in [0.717, 1.165) is 18.7 Å². The van der Waals surface area contributed by atoms with Gasteiger partial charge in [0.2, 0.25) is 0 Å². The van der Waals surface area contributed by atoms with E-state index in [4.69, 9.17) is 0 Å². The van der Waals surface area contributed by atoms with Crippen molar-refractivity contribution < 1.29 is 0 Å². The third-order valence-electron chi connectivity index (χ3n) is 15.6. The van der Waals surface area contributed by atoms with Crippen LogP contribution in [0.25, 0.3) is 90.1 Å². The lowest BCUT2D eigenvalue weighted by atomic mass is 9.57. The van der Waals surface area contributed by atoms with Crippen LogP contribution in [0.1, 0.15) is 104 Å². The average molecular weight is 917 g/mol. The van der Waals surface area contributed by atoms with Crippen LogP contribution in [-0.2, 0) is 21.7 Å². The van der Waals surface area contributed by atoms with Gasteiger partial charge in [-0.15, -0.1) is 22.7 Å². The zero-order valence-electron chi connectivity index (χ0n) is 41.2. The number of benzene rings is 8. The summed E-state index contributed by atoms with van der Waals surface area (Å²) in [5.74, 6) is 0. The van der Waals surface area contributed by atoms with Gasteiger partial charge in [0.05, 0.1) is 5.52 Å². The first-order chi connectivity index (χ1) is 32.3. The summed E-state index contributed by atoms with van der Waals surface area (Å²) in [6, 6.07) is 52.1. The lowest BCUT2D eigenvalue weighted by Crippen LogP contribution is -2.38. The van der Waals surface area contributed by atoms with E-state index >= 15 is 0 Å². The molecule has 0 saturated heterocycles. The Morgan fingerprint density at radius 3 is 1.90 bits per heavy atom. The molecule has 11 aromatic rings. The summed E-state index contributed by atoms with van der Waals surface area (Å²) in [4.78, 5) is 0. The van der Waals surface area contributed by atoms with Crippen molar-refractivity contribution >= 4 is 114 Å². The molecule has 1 aliphatic carbocycles.